The van der Waals surface area contributed by atoms with Crippen LogP contribution in [0.4, 0.5) is 5.82 Å². The largest absolute Gasteiger partial charge is 0.383 e. The van der Waals surface area contributed by atoms with Crippen molar-refractivity contribution in [3.8, 4) is 11.4 Å². The summed E-state index contributed by atoms with van der Waals surface area (Å²) in [6.07, 6.45) is 3.28. The number of aromatic nitrogens is 5. The smallest absolute Gasteiger partial charge is 0.186 e. The van der Waals surface area contributed by atoms with Crippen molar-refractivity contribution in [3.05, 3.63) is 12.5 Å². The van der Waals surface area contributed by atoms with Crippen molar-refractivity contribution < 1.29 is 0 Å². The summed E-state index contributed by atoms with van der Waals surface area (Å²) in [5.74, 6) is 1.18. The average Bonchev–Trinajstić information content (AvgIpc) is 2.62. The van der Waals surface area contributed by atoms with Crippen molar-refractivity contribution in [1.82, 2.24) is 24.5 Å². The number of nitrogens with zero attached hydrogens (tertiary/aromatic N) is 5. The van der Waals surface area contributed by atoms with Gasteiger partial charge in [-0.2, -0.15) is 10.2 Å². The minimum Gasteiger partial charge on any atom is -0.383 e. The third kappa shape index (κ3) is 1.16. The summed E-state index contributed by atoms with van der Waals surface area (Å²) < 4.78 is 3.22. The molecule has 0 saturated carbocycles. The van der Waals surface area contributed by atoms with Crippen molar-refractivity contribution in [3.63, 3.8) is 0 Å². The van der Waals surface area contributed by atoms with E-state index in [9.17, 15) is 0 Å². The van der Waals surface area contributed by atoms with E-state index in [1.54, 1.807) is 28.9 Å². The van der Waals surface area contributed by atoms with Gasteiger partial charge in [0.1, 0.15) is 12.1 Å². The van der Waals surface area contributed by atoms with Gasteiger partial charge in [-0.05, 0) is 0 Å². The van der Waals surface area contributed by atoms with Gasteiger partial charge in [-0.25, -0.2) is 4.98 Å². The average molecular weight is 178 g/mol. The third-order valence-corrected chi connectivity index (χ3v) is 1.83. The first-order valence-electron chi connectivity index (χ1n) is 3.82. The second-order valence-electron chi connectivity index (χ2n) is 2.81. The standard InChI is InChI=1S/C7H10N6/c1-12-4-9-7(11-12)5-3-10-13(2)6(5)8/h3-4H,8H2,1-2H3. The molecule has 68 valence electrons. The first kappa shape index (κ1) is 7.78. The SMILES string of the molecule is Cn1cnc(-c2cnn(C)c2N)n1. The molecule has 0 saturated heterocycles. The summed E-state index contributed by atoms with van der Waals surface area (Å²) in [5.41, 5.74) is 6.52. The lowest BCUT2D eigenvalue weighted by Gasteiger charge is -1.94. The molecule has 13 heavy (non-hydrogen) atoms. The van der Waals surface area contributed by atoms with Crippen LogP contribution in [0.1, 0.15) is 0 Å². The van der Waals surface area contributed by atoms with E-state index in [1.807, 2.05) is 7.05 Å². The molecule has 0 radical (unpaired) electrons. The summed E-state index contributed by atoms with van der Waals surface area (Å²) in [7, 11) is 3.59. The Morgan fingerprint density at radius 1 is 1.38 bits per heavy atom. The maximum absolute atomic E-state index is 5.76. The van der Waals surface area contributed by atoms with Crippen LogP contribution in [0.25, 0.3) is 11.4 Å². The molecular formula is C7H10N6. The van der Waals surface area contributed by atoms with Gasteiger partial charge < -0.3 is 5.73 Å². The van der Waals surface area contributed by atoms with Crippen molar-refractivity contribution in [2.45, 2.75) is 0 Å². The lowest BCUT2D eigenvalue weighted by atomic mass is 10.3. The second-order valence-corrected chi connectivity index (χ2v) is 2.81. The highest BCUT2D eigenvalue weighted by Crippen LogP contribution is 2.20. The van der Waals surface area contributed by atoms with Gasteiger partial charge in [-0.1, -0.05) is 0 Å². The first-order valence-corrected chi connectivity index (χ1v) is 3.82. The molecule has 2 aromatic heterocycles. The van der Waals surface area contributed by atoms with Crippen molar-refractivity contribution in [2.75, 3.05) is 5.73 Å². The van der Waals surface area contributed by atoms with Gasteiger partial charge in [0.15, 0.2) is 5.82 Å². The van der Waals surface area contributed by atoms with Crippen LogP contribution in [0.5, 0.6) is 0 Å². The Labute approximate surface area is 75.0 Å². The molecule has 2 rings (SSSR count). The highest BCUT2D eigenvalue weighted by atomic mass is 15.3. The summed E-state index contributed by atoms with van der Waals surface area (Å²) in [6, 6.07) is 0. The first-order chi connectivity index (χ1) is 6.18. The number of aryl methyl sites for hydroxylation is 2. The monoisotopic (exact) mass is 178 g/mol. The van der Waals surface area contributed by atoms with Crippen molar-refractivity contribution >= 4 is 5.82 Å². The molecular weight excluding hydrogens is 168 g/mol. The van der Waals surface area contributed by atoms with Gasteiger partial charge in [0.25, 0.3) is 0 Å². The molecule has 0 unspecified atom stereocenters. The van der Waals surface area contributed by atoms with E-state index >= 15 is 0 Å². The fourth-order valence-electron chi connectivity index (χ4n) is 1.08. The van der Waals surface area contributed by atoms with Crippen LogP contribution in [-0.2, 0) is 14.1 Å². The number of hydrogen-bond donors (Lipinski definition) is 1. The highest BCUT2D eigenvalue weighted by Gasteiger charge is 2.10. The van der Waals surface area contributed by atoms with Gasteiger partial charge in [0, 0.05) is 14.1 Å². The Bertz CT molecular complexity index is 426. The number of nitrogen functional groups attached to an aromatic ring is 1. The lowest BCUT2D eigenvalue weighted by Crippen LogP contribution is -1.98. The minimum absolute atomic E-state index is 0.575. The Morgan fingerprint density at radius 3 is 2.62 bits per heavy atom. The molecule has 0 bridgehead atoms. The zero-order valence-electron chi connectivity index (χ0n) is 7.47. The van der Waals surface area contributed by atoms with Crippen molar-refractivity contribution in [2.24, 2.45) is 14.1 Å². The predicted octanol–water partition coefficient (Wildman–Crippen LogP) is -0.202. The van der Waals surface area contributed by atoms with Crippen LogP contribution >= 0.6 is 0 Å². The van der Waals surface area contributed by atoms with Crippen LogP contribution in [0.3, 0.4) is 0 Å². The fourth-order valence-corrected chi connectivity index (χ4v) is 1.08. The third-order valence-electron chi connectivity index (χ3n) is 1.83. The highest BCUT2D eigenvalue weighted by molar-refractivity contribution is 5.67. The molecule has 2 heterocycles. The molecule has 0 amide bonds. The normalized spacial score (nSPS) is 10.6. The van der Waals surface area contributed by atoms with E-state index in [2.05, 4.69) is 15.2 Å². The molecule has 6 heteroatoms. The molecule has 0 aliphatic rings. The van der Waals surface area contributed by atoms with E-state index in [-0.39, 0.29) is 0 Å². The summed E-state index contributed by atoms with van der Waals surface area (Å²) >= 11 is 0. The molecule has 2 aromatic rings. The maximum atomic E-state index is 5.76. The van der Waals surface area contributed by atoms with Crippen LogP contribution in [0.15, 0.2) is 12.5 Å². The molecule has 0 fully saturated rings. The van der Waals surface area contributed by atoms with Crippen LogP contribution in [0, 0.1) is 0 Å². The Balaban J connectivity index is 2.52. The lowest BCUT2D eigenvalue weighted by molar-refractivity contribution is 0.768. The summed E-state index contributed by atoms with van der Waals surface area (Å²) in [6.45, 7) is 0. The van der Waals surface area contributed by atoms with E-state index in [4.69, 9.17) is 5.73 Å². The number of anilines is 1. The number of rotatable bonds is 1. The summed E-state index contributed by atoms with van der Waals surface area (Å²) in [5, 5.41) is 8.13. The van der Waals surface area contributed by atoms with E-state index in [0.29, 0.717) is 11.6 Å². The molecule has 2 N–H and O–H groups in total. The Kier molecular flexibility index (Phi) is 1.54. The van der Waals surface area contributed by atoms with Crippen LogP contribution in [-0.4, -0.2) is 24.5 Å². The minimum atomic E-state index is 0.575. The van der Waals surface area contributed by atoms with Gasteiger partial charge in [-0.3, -0.25) is 9.36 Å². The topological polar surface area (TPSA) is 74.5 Å². The van der Waals surface area contributed by atoms with E-state index in [1.165, 1.54) is 0 Å². The molecule has 0 aliphatic carbocycles. The van der Waals surface area contributed by atoms with Gasteiger partial charge >= 0.3 is 0 Å². The van der Waals surface area contributed by atoms with E-state index in [0.717, 1.165) is 5.56 Å². The Hall–Kier alpha value is -1.85. The molecule has 6 nitrogen and oxygen atoms in total. The summed E-state index contributed by atoms with van der Waals surface area (Å²) in [4.78, 5) is 4.08. The van der Waals surface area contributed by atoms with Gasteiger partial charge in [-0.15, -0.1) is 0 Å². The zero-order chi connectivity index (χ0) is 9.42. The second kappa shape index (κ2) is 2.58. The van der Waals surface area contributed by atoms with E-state index < -0.39 is 0 Å². The molecule has 0 spiro atoms. The zero-order valence-corrected chi connectivity index (χ0v) is 7.47. The molecule has 0 aliphatic heterocycles. The quantitative estimate of drug-likeness (QED) is 0.656. The van der Waals surface area contributed by atoms with Crippen LogP contribution < -0.4 is 5.73 Å². The van der Waals surface area contributed by atoms with Crippen molar-refractivity contribution in [1.29, 1.82) is 0 Å². The Morgan fingerprint density at radius 2 is 2.15 bits per heavy atom. The maximum Gasteiger partial charge on any atom is 0.186 e. The number of hydrogen-bond acceptors (Lipinski definition) is 4. The molecule has 0 atom stereocenters. The van der Waals surface area contributed by atoms with Gasteiger partial charge in [0.2, 0.25) is 0 Å². The predicted molar refractivity (Wildman–Crippen MR) is 47.6 cm³/mol. The number of nitrogens with two attached hydrogens (primary N) is 1. The van der Waals surface area contributed by atoms with Gasteiger partial charge in [0.05, 0.1) is 11.8 Å². The van der Waals surface area contributed by atoms with Crippen LogP contribution in [0.2, 0.25) is 0 Å². The molecule has 0 aromatic carbocycles. The fraction of sp³-hybridized carbons (Fsp3) is 0.286.